The van der Waals surface area contributed by atoms with Crippen molar-refractivity contribution in [3.63, 3.8) is 0 Å². The van der Waals surface area contributed by atoms with Crippen LogP contribution in [0.4, 0.5) is 0 Å². The Kier molecular flexibility index (Phi) is 20.9. The second-order valence-electron chi connectivity index (χ2n) is 4.93. The second kappa shape index (κ2) is 18.0. The summed E-state index contributed by atoms with van der Waals surface area (Å²) in [6.45, 7) is 6.28. The number of aromatic hydroxyl groups is 1. The molecule has 0 heterocycles. The fourth-order valence-electron chi connectivity index (χ4n) is 1.90. The predicted octanol–water partition coefficient (Wildman–Crippen LogP) is 6.30. The van der Waals surface area contributed by atoms with Gasteiger partial charge in [-0.1, -0.05) is 49.5 Å². The number of aryl methyl sites for hydroxylation is 1. The van der Waals surface area contributed by atoms with Gasteiger partial charge in [0.25, 0.3) is 0 Å². The number of phenols is 1. The first-order chi connectivity index (χ1) is 10.7. The van der Waals surface area contributed by atoms with Gasteiger partial charge in [-0.15, -0.1) is 31.2 Å². The molecule has 0 saturated carbocycles. The number of halogens is 2. The van der Waals surface area contributed by atoms with Crippen molar-refractivity contribution in [3.8, 4) is 16.9 Å². The Morgan fingerprint density at radius 3 is 1.96 bits per heavy atom. The van der Waals surface area contributed by atoms with Crippen molar-refractivity contribution >= 4 is 34.3 Å². The first-order valence-corrected chi connectivity index (χ1v) is 9.33. The van der Waals surface area contributed by atoms with Gasteiger partial charge in [0.1, 0.15) is 5.75 Å². The molecule has 0 amide bonds. The molecule has 5 heteroatoms. The number of hydrogen-bond acceptors (Lipinski definition) is 1. The maximum atomic E-state index is 9.46. The molecule has 0 aromatic heterocycles. The molecule has 134 valence electrons. The summed E-state index contributed by atoms with van der Waals surface area (Å²) in [6, 6.07) is 15.6. The minimum Gasteiger partial charge on any atom is -0.508 e. The van der Waals surface area contributed by atoms with Gasteiger partial charge in [0.2, 0.25) is 0 Å². The van der Waals surface area contributed by atoms with E-state index in [1.807, 2.05) is 49.4 Å². The van der Waals surface area contributed by atoms with Crippen LogP contribution in [0.2, 0.25) is 13.1 Å². The summed E-state index contributed by atoms with van der Waals surface area (Å²) in [6.07, 6.45) is 10.0. The van der Waals surface area contributed by atoms with Crippen molar-refractivity contribution in [1.29, 1.82) is 0 Å². The molecule has 3 rings (SSSR count). The van der Waals surface area contributed by atoms with E-state index in [1.54, 1.807) is 12.1 Å². The fourth-order valence-corrected chi connectivity index (χ4v) is 1.90. The molecule has 0 saturated heterocycles. The normalized spacial score (nSPS) is 9.88. The molecule has 0 fully saturated rings. The molecule has 25 heavy (non-hydrogen) atoms. The third kappa shape index (κ3) is 13.1. The van der Waals surface area contributed by atoms with E-state index >= 15 is 0 Å². The van der Waals surface area contributed by atoms with Crippen molar-refractivity contribution in [2.75, 3.05) is 0 Å². The van der Waals surface area contributed by atoms with Crippen molar-refractivity contribution < 1.29 is 26.8 Å². The maximum absolute atomic E-state index is 9.46. The van der Waals surface area contributed by atoms with Crippen molar-refractivity contribution in [1.82, 2.24) is 0 Å². The number of phenolic OH excluding ortho intramolecular Hbond substituents is 1. The summed E-state index contributed by atoms with van der Waals surface area (Å²) in [5, 5.41) is 9.46. The molecular weight excluding hydrogens is 403 g/mol. The largest absolute Gasteiger partial charge is 0.508 e. The van der Waals surface area contributed by atoms with Crippen LogP contribution in [0.3, 0.4) is 0 Å². The zero-order chi connectivity index (χ0) is 16.2. The molecule has 2 aromatic rings. The number of allylic oxidation sites excluding steroid dienone is 4. The van der Waals surface area contributed by atoms with Crippen LogP contribution in [0, 0.1) is 13.0 Å². The van der Waals surface area contributed by atoms with Gasteiger partial charge >= 0.3 is 0 Å². The van der Waals surface area contributed by atoms with Crippen molar-refractivity contribution in [2.24, 2.45) is 0 Å². The summed E-state index contributed by atoms with van der Waals surface area (Å²) in [7, 11) is 1.08. The molecule has 2 radical (unpaired) electrons. The first kappa shape index (κ1) is 29.0. The van der Waals surface area contributed by atoms with Gasteiger partial charge in [0.15, 0.2) is 0 Å². The molecule has 1 aliphatic rings. The van der Waals surface area contributed by atoms with Crippen LogP contribution in [0.15, 0.2) is 66.8 Å². The van der Waals surface area contributed by atoms with Gasteiger partial charge in [0.05, 0.1) is 0 Å². The van der Waals surface area contributed by atoms with Crippen LogP contribution >= 0.6 is 24.8 Å². The number of rotatable bonds is 1. The summed E-state index contributed by atoms with van der Waals surface area (Å²) in [4.78, 5) is 0. The van der Waals surface area contributed by atoms with Gasteiger partial charge in [-0.25, -0.2) is 12.2 Å². The average Bonchev–Trinajstić information content (AvgIpc) is 3.07. The molecule has 1 aliphatic carbocycles. The Balaban J connectivity index is -0.000000375. The van der Waals surface area contributed by atoms with Crippen LogP contribution in [-0.4, -0.2) is 14.6 Å². The summed E-state index contributed by atoms with van der Waals surface area (Å²) in [5.41, 5.74) is 3.26. The number of benzene rings is 2. The fraction of sp³-hybridized carbons (Fsp3) is 0.200. The van der Waals surface area contributed by atoms with E-state index in [0.29, 0.717) is 5.75 Å². The van der Waals surface area contributed by atoms with E-state index in [4.69, 9.17) is 0 Å². The second-order valence-corrected chi connectivity index (χ2v) is 5.93. The van der Waals surface area contributed by atoms with E-state index in [9.17, 15) is 5.11 Å². The smallest absolute Gasteiger partial charge is 0.116 e. The van der Waals surface area contributed by atoms with Crippen LogP contribution in [0.1, 0.15) is 12.0 Å². The average molecular weight is 428 g/mol. The van der Waals surface area contributed by atoms with E-state index in [-0.39, 0.29) is 46.5 Å². The summed E-state index contributed by atoms with van der Waals surface area (Å²) in [5.74, 6) is 0.323. The molecule has 0 spiro atoms. The molecule has 0 bridgehead atoms. The minimum atomic E-state index is 0. The molecule has 2 aromatic carbocycles. The van der Waals surface area contributed by atoms with Crippen LogP contribution in [-0.2, 0) is 21.7 Å². The third-order valence-corrected chi connectivity index (χ3v) is 2.76. The van der Waals surface area contributed by atoms with Gasteiger partial charge < -0.3 is 5.11 Å². The van der Waals surface area contributed by atoms with Crippen LogP contribution in [0.25, 0.3) is 11.1 Å². The quantitative estimate of drug-likeness (QED) is 0.418. The van der Waals surface area contributed by atoms with E-state index in [0.717, 1.165) is 32.6 Å². The van der Waals surface area contributed by atoms with E-state index in [2.05, 4.69) is 31.3 Å². The molecule has 0 unspecified atom stereocenters. The Morgan fingerprint density at radius 2 is 1.56 bits per heavy atom. The minimum absolute atomic E-state index is 0. The Morgan fingerprint density at radius 1 is 0.960 bits per heavy atom. The number of hydrogen-bond donors (Lipinski definition) is 1. The predicted molar refractivity (Wildman–Crippen MR) is 112 cm³/mol. The van der Waals surface area contributed by atoms with Crippen molar-refractivity contribution in [2.45, 2.75) is 26.4 Å². The zero-order valence-corrected chi connectivity index (χ0v) is 19.0. The van der Waals surface area contributed by atoms with Gasteiger partial charge in [-0.3, -0.25) is 6.08 Å². The Labute approximate surface area is 182 Å². The van der Waals surface area contributed by atoms with E-state index < -0.39 is 0 Å². The third-order valence-electron chi connectivity index (χ3n) is 2.76. The van der Waals surface area contributed by atoms with Crippen LogP contribution < -0.4 is 0 Å². The molecule has 1 N–H and O–H groups in total. The SMILES string of the molecule is C[Si]C.Cc1cc(O)cc(-c2ccccc2)c1.Cl.Cl.[C-]1=CC=CC1.[Ti]. The van der Waals surface area contributed by atoms with Gasteiger partial charge in [0, 0.05) is 31.2 Å². The monoisotopic (exact) mass is 427 g/mol. The molecule has 0 atom stereocenters. The van der Waals surface area contributed by atoms with Gasteiger partial charge in [-0.05, 0) is 35.7 Å². The molecular formula is C20H25Cl2OSiTi-. The van der Waals surface area contributed by atoms with E-state index in [1.165, 1.54) is 0 Å². The summed E-state index contributed by atoms with van der Waals surface area (Å²) < 4.78 is 0. The zero-order valence-electron chi connectivity index (χ0n) is 14.8. The molecule has 1 nitrogen and oxygen atoms in total. The van der Waals surface area contributed by atoms with Gasteiger partial charge in [-0.2, -0.15) is 6.08 Å². The maximum Gasteiger partial charge on any atom is 0.116 e. The Hall–Kier alpha value is -0.769. The topological polar surface area (TPSA) is 20.2 Å². The first-order valence-electron chi connectivity index (χ1n) is 7.33. The van der Waals surface area contributed by atoms with Crippen molar-refractivity contribution in [3.05, 3.63) is 78.4 Å². The Bertz CT molecular complexity index is 586. The standard InChI is InChI=1S/C13H12O.C5H5.C2H6Si.2ClH.Ti/c1-10-7-12(9-13(14)8-10)11-5-3-2-4-6-11;1-2-4-5-3-1;1-3-2;;;/h2-9,14H,1H3;1-3H,4H2;1-2H3;2*1H;/q;-1;;;;. The summed E-state index contributed by atoms with van der Waals surface area (Å²) >= 11 is 0. The molecule has 0 aliphatic heterocycles. The van der Waals surface area contributed by atoms with Crippen LogP contribution in [0.5, 0.6) is 5.75 Å².